The first-order chi connectivity index (χ1) is 6.74. The van der Waals surface area contributed by atoms with Crippen molar-refractivity contribution < 1.29 is 4.79 Å². The molecule has 0 amide bonds. The third kappa shape index (κ3) is 1.35. The molecule has 76 valence electrons. The quantitative estimate of drug-likeness (QED) is 0.710. The van der Waals surface area contributed by atoms with Crippen LogP contribution in [0.4, 0.5) is 0 Å². The van der Waals surface area contributed by atoms with Crippen LogP contribution in [0.5, 0.6) is 0 Å². The molecule has 1 aliphatic rings. The van der Waals surface area contributed by atoms with Gasteiger partial charge in [-0.3, -0.25) is 4.79 Å². The Morgan fingerprint density at radius 2 is 2.57 bits per heavy atom. The molecule has 1 aromatic rings. The van der Waals surface area contributed by atoms with Crippen LogP contribution in [0.3, 0.4) is 0 Å². The first-order valence-corrected chi connectivity index (χ1v) is 5.02. The van der Waals surface area contributed by atoms with E-state index in [1.54, 1.807) is 6.20 Å². The highest BCUT2D eigenvalue weighted by molar-refractivity contribution is 5.95. The molecule has 2 rings (SSSR count). The van der Waals surface area contributed by atoms with E-state index >= 15 is 0 Å². The fraction of sp³-hybridized carbons (Fsp3) is 0.600. The molecule has 0 aliphatic carbocycles. The van der Waals surface area contributed by atoms with Gasteiger partial charge < -0.3 is 10.3 Å². The Balaban J connectivity index is 2.40. The van der Waals surface area contributed by atoms with Gasteiger partial charge in [-0.2, -0.15) is 0 Å². The smallest absolute Gasteiger partial charge is 0.194 e. The zero-order valence-corrected chi connectivity index (χ0v) is 8.36. The topological polar surface area (TPSA) is 60.9 Å². The van der Waals surface area contributed by atoms with Crippen LogP contribution in [0.2, 0.25) is 0 Å². The van der Waals surface area contributed by atoms with Crippen LogP contribution in [0.15, 0.2) is 6.20 Å². The first kappa shape index (κ1) is 9.40. The summed E-state index contributed by atoms with van der Waals surface area (Å²) in [5, 5.41) is 0. The summed E-state index contributed by atoms with van der Waals surface area (Å²) in [5.41, 5.74) is 6.02. The summed E-state index contributed by atoms with van der Waals surface area (Å²) < 4.78 is 2.02. The predicted octanol–water partition coefficient (Wildman–Crippen LogP) is 0.922. The van der Waals surface area contributed by atoms with E-state index < -0.39 is 0 Å². The van der Waals surface area contributed by atoms with Crippen molar-refractivity contribution in [3.8, 4) is 0 Å². The minimum atomic E-state index is -0.0159. The van der Waals surface area contributed by atoms with E-state index in [2.05, 4.69) is 11.9 Å². The zero-order chi connectivity index (χ0) is 10.1. The molecule has 0 saturated carbocycles. The lowest BCUT2D eigenvalue weighted by Gasteiger charge is -2.21. The Kier molecular flexibility index (Phi) is 2.37. The number of carbonyl (C=O) groups excluding carboxylic acids is 1. The molecule has 0 radical (unpaired) electrons. The van der Waals surface area contributed by atoms with E-state index in [4.69, 9.17) is 5.73 Å². The first-order valence-electron chi connectivity index (χ1n) is 5.02. The van der Waals surface area contributed by atoms with Crippen molar-refractivity contribution in [3.63, 3.8) is 0 Å². The van der Waals surface area contributed by atoms with E-state index in [0.717, 1.165) is 25.2 Å². The molecule has 4 heteroatoms. The second-order valence-corrected chi connectivity index (χ2v) is 3.82. The standard InChI is InChI=1S/C10H15N3O/c1-7-3-2-4-13-8(9(14)5-11)6-12-10(7)13/h6-7H,2-5,11H2,1H3. The third-order valence-corrected chi connectivity index (χ3v) is 2.82. The molecule has 2 heterocycles. The zero-order valence-electron chi connectivity index (χ0n) is 8.36. The molecule has 1 unspecified atom stereocenters. The average Bonchev–Trinajstić information content (AvgIpc) is 2.62. The fourth-order valence-corrected chi connectivity index (χ4v) is 2.03. The van der Waals surface area contributed by atoms with Gasteiger partial charge in [0.1, 0.15) is 11.5 Å². The van der Waals surface area contributed by atoms with Crippen molar-refractivity contribution in [2.24, 2.45) is 5.73 Å². The van der Waals surface area contributed by atoms with Gasteiger partial charge in [0.2, 0.25) is 0 Å². The van der Waals surface area contributed by atoms with Gasteiger partial charge in [0, 0.05) is 12.5 Å². The van der Waals surface area contributed by atoms with Gasteiger partial charge in [-0.1, -0.05) is 6.92 Å². The lowest BCUT2D eigenvalue weighted by atomic mass is 10.0. The molecule has 2 N–H and O–H groups in total. The molecule has 0 spiro atoms. The van der Waals surface area contributed by atoms with Crippen molar-refractivity contribution in [2.75, 3.05) is 6.54 Å². The minimum absolute atomic E-state index is 0.0159. The highest BCUT2D eigenvalue weighted by Gasteiger charge is 2.22. The van der Waals surface area contributed by atoms with Gasteiger partial charge >= 0.3 is 0 Å². The molecule has 1 aromatic heterocycles. The van der Waals surface area contributed by atoms with Crippen LogP contribution in [-0.2, 0) is 6.54 Å². The summed E-state index contributed by atoms with van der Waals surface area (Å²) in [6.45, 7) is 3.12. The van der Waals surface area contributed by atoms with Crippen molar-refractivity contribution in [1.29, 1.82) is 0 Å². The Hall–Kier alpha value is -1.16. The number of nitrogens with zero attached hydrogens (tertiary/aromatic N) is 2. The van der Waals surface area contributed by atoms with Crippen molar-refractivity contribution in [2.45, 2.75) is 32.2 Å². The van der Waals surface area contributed by atoms with E-state index in [1.807, 2.05) is 4.57 Å². The number of carbonyl (C=O) groups is 1. The van der Waals surface area contributed by atoms with Crippen molar-refractivity contribution in [1.82, 2.24) is 9.55 Å². The summed E-state index contributed by atoms with van der Waals surface area (Å²) in [5.74, 6) is 1.48. The van der Waals surface area contributed by atoms with Gasteiger partial charge in [-0.25, -0.2) is 4.98 Å². The molecule has 1 aliphatic heterocycles. The number of imidazole rings is 1. The van der Waals surface area contributed by atoms with E-state index in [9.17, 15) is 4.79 Å². The predicted molar refractivity (Wildman–Crippen MR) is 53.3 cm³/mol. The van der Waals surface area contributed by atoms with Gasteiger partial charge in [-0.15, -0.1) is 0 Å². The van der Waals surface area contributed by atoms with Gasteiger partial charge in [0.15, 0.2) is 5.78 Å². The van der Waals surface area contributed by atoms with Crippen LogP contribution < -0.4 is 5.73 Å². The summed E-state index contributed by atoms with van der Waals surface area (Å²) in [4.78, 5) is 15.8. The number of hydrogen-bond donors (Lipinski definition) is 1. The molecule has 0 bridgehead atoms. The Morgan fingerprint density at radius 3 is 3.29 bits per heavy atom. The molecule has 0 saturated heterocycles. The highest BCUT2D eigenvalue weighted by Crippen LogP contribution is 2.26. The van der Waals surface area contributed by atoms with Gasteiger partial charge in [0.25, 0.3) is 0 Å². The summed E-state index contributed by atoms with van der Waals surface area (Å²) in [7, 11) is 0. The fourth-order valence-electron chi connectivity index (χ4n) is 2.03. The van der Waals surface area contributed by atoms with Crippen LogP contribution >= 0.6 is 0 Å². The molecule has 0 aromatic carbocycles. The normalized spacial score (nSPS) is 20.6. The summed E-state index contributed by atoms with van der Waals surface area (Å²) in [6, 6.07) is 0. The van der Waals surface area contributed by atoms with E-state index in [1.165, 1.54) is 0 Å². The van der Waals surface area contributed by atoms with Gasteiger partial charge in [-0.05, 0) is 12.8 Å². The van der Waals surface area contributed by atoms with E-state index in [-0.39, 0.29) is 12.3 Å². The molecule has 4 nitrogen and oxygen atoms in total. The van der Waals surface area contributed by atoms with Crippen molar-refractivity contribution >= 4 is 5.78 Å². The number of rotatable bonds is 2. The lowest BCUT2D eigenvalue weighted by molar-refractivity contribution is 0.0991. The lowest BCUT2D eigenvalue weighted by Crippen LogP contribution is -2.22. The van der Waals surface area contributed by atoms with Crippen molar-refractivity contribution in [3.05, 3.63) is 17.7 Å². The maximum Gasteiger partial charge on any atom is 0.194 e. The number of nitrogens with two attached hydrogens (primary N) is 1. The van der Waals surface area contributed by atoms with Gasteiger partial charge in [0.05, 0.1) is 12.7 Å². The Morgan fingerprint density at radius 1 is 1.79 bits per heavy atom. The number of ketones is 1. The minimum Gasteiger partial charge on any atom is -0.325 e. The second-order valence-electron chi connectivity index (χ2n) is 3.82. The third-order valence-electron chi connectivity index (χ3n) is 2.82. The molecule has 14 heavy (non-hydrogen) atoms. The average molecular weight is 193 g/mol. The van der Waals surface area contributed by atoms with Crippen LogP contribution in [0.1, 0.15) is 42.0 Å². The van der Waals surface area contributed by atoms with E-state index in [0.29, 0.717) is 11.6 Å². The second kappa shape index (κ2) is 3.53. The van der Waals surface area contributed by atoms with Crippen LogP contribution in [-0.4, -0.2) is 21.9 Å². The maximum absolute atomic E-state index is 11.5. The molecule has 1 atom stereocenters. The summed E-state index contributed by atoms with van der Waals surface area (Å²) >= 11 is 0. The Labute approximate surface area is 83.1 Å². The SMILES string of the molecule is CC1CCCn2c(C(=O)CN)cnc21. The number of fused-ring (bicyclic) bond motifs is 1. The largest absolute Gasteiger partial charge is 0.325 e. The molecular weight excluding hydrogens is 178 g/mol. The monoisotopic (exact) mass is 193 g/mol. The van der Waals surface area contributed by atoms with Crippen LogP contribution in [0.25, 0.3) is 0 Å². The summed E-state index contributed by atoms with van der Waals surface area (Å²) in [6.07, 6.45) is 3.94. The van der Waals surface area contributed by atoms with Crippen LogP contribution in [0, 0.1) is 0 Å². The number of aromatic nitrogens is 2. The highest BCUT2D eigenvalue weighted by atomic mass is 16.1. The molecular formula is C10H15N3O. The maximum atomic E-state index is 11.5. The number of Topliss-reactive ketones (excluding diaryl/α,β-unsaturated/α-hetero) is 1. The Bertz CT molecular complexity index is 356. The number of hydrogen-bond acceptors (Lipinski definition) is 3. The molecule has 0 fully saturated rings.